The molecule has 0 aliphatic heterocycles. The summed E-state index contributed by atoms with van der Waals surface area (Å²) in [6.45, 7) is 0. The number of hydrogen-bond acceptors (Lipinski definition) is 3. The quantitative estimate of drug-likeness (QED) is 0.893. The van der Waals surface area contributed by atoms with Gasteiger partial charge < -0.3 is 10.4 Å². The normalized spacial score (nSPS) is 22.8. The number of aliphatic carboxylic acids is 1. The molecule has 6 heteroatoms. The van der Waals surface area contributed by atoms with E-state index in [4.69, 9.17) is 16.7 Å². The molecule has 1 saturated carbocycles. The lowest BCUT2D eigenvalue weighted by atomic mass is 9.79. The SMILES string of the molecule is O=C(O)[C@H]1CCCC[C@H]1C(=O)Nc1ncccc1Cl. The Labute approximate surface area is 116 Å². The molecular weight excluding hydrogens is 268 g/mol. The number of aromatic nitrogens is 1. The van der Waals surface area contributed by atoms with Crippen LogP contribution in [0.3, 0.4) is 0 Å². The third kappa shape index (κ3) is 3.23. The largest absolute Gasteiger partial charge is 0.481 e. The average molecular weight is 283 g/mol. The first-order valence-electron chi connectivity index (χ1n) is 6.24. The highest BCUT2D eigenvalue weighted by molar-refractivity contribution is 6.33. The van der Waals surface area contributed by atoms with Crippen LogP contribution in [0, 0.1) is 11.8 Å². The Morgan fingerprint density at radius 3 is 2.63 bits per heavy atom. The molecule has 1 aliphatic rings. The smallest absolute Gasteiger partial charge is 0.307 e. The molecule has 0 bridgehead atoms. The van der Waals surface area contributed by atoms with Crippen molar-refractivity contribution in [1.82, 2.24) is 4.98 Å². The summed E-state index contributed by atoms with van der Waals surface area (Å²) in [5, 5.41) is 12.1. The third-order valence-electron chi connectivity index (χ3n) is 3.42. The van der Waals surface area contributed by atoms with Gasteiger partial charge in [-0.3, -0.25) is 9.59 Å². The van der Waals surface area contributed by atoms with E-state index in [0.29, 0.717) is 17.9 Å². The highest BCUT2D eigenvalue weighted by Crippen LogP contribution is 2.31. The average Bonchev–Trinajstić information content (AvgIpc) is 2.41. The van der Waals surface area contributed by atoms with Gasteiger partial charge in [0.2, 0.25) is 5.91 Å². The first-order valence-corrected chi connectivity index (χ1v) is 6.61. The van der Waals surface area contributed by atoms with E-state index in [1.807, 2.05) is 0 Å². The minimum Gasteiger partial charge on any atom is -0.481 e. The lowest BCUT2D eigenvalue weighted by Gasteiger charge is -2.27. The van der Waals surface area contributed by atoms with Gasteiger partial charge in [0, 0.05) is 6.20 Å². The molecule has 0 saturated heterocycles. The number of carboxylic acid groups (broad SMARTS) is 1. The highest BCUT2D eigenvalue weighted by Gasteiger charge is 2.35. The van der Waals surface area contributed by atoms with Crippen LogP contribution < -0.4 is 5.32 Å². The molecular formula is C13H15ClN2O3. The van der Waals surface area contributed by atoms with Crippen molar-refractivity contribution >= 4 is 29.3 Å². The van der Waals surface area contributed by atoms with Crippen LogP contribution >= 0.6 is 11.6 Å². The first kappa shape index (κ1) is 13.8. The van der Waals surface area contributed by atoms with E-state index in [1.165, 1.54) is 6.20 Å². The predicted octanol–water partition coefficient (Wildman–Crippen LogP) is 2.56. The molecule has 1 aliphatic carbocycles. The number of carbonyl (C=O) groups is 2. The molecule has 0 unspecified atom stereocenters. The van der Waals surface area contributed by atoms with E-state index in [9.17, 15) is 9.59 Å². The van der Waals surface area contributed by atoms with Gasteiger partial charge in [-0.1, -0.05) is 24.4 Å². The second-order valence-electron chi connectivity index (χ2n) is 4.66. The molecule has 5 nitrogen and oxygen atoms in total. The molecule has 1 heterocycles. The maximum absolute atomic E-state index is 12.2. The van der Waals surface area contributed by atoms with E-state index >= 15 is 0 Å². The summed E-state index contributed by atoms with van der Waals surface area (Å²) >= 11 is 5.91. The van der Waals surface area contributed by atoms with Crippen molar-refractivity contribution in [3.8, 4) is 0 Å². The van der Waals surface area contributed by atoms with Gasteiger partial charge in [0.05, 0.1) is 16.9 Å². The van der Waals surface area contributed by atoms with Crippen molar-refractivity contribution in [3.63, 3.8) is 0 Å². The van der Waals surface area contributed by atoms with E-state index in [0.717, 1.165) is 12.8 Å². The van der Waals surface area contributed by atoms with Gasteiger partial charge >= 0.3 is 5.97 Å². The Bertz CT molecular complexity index is 493. The van der Waals surface area contributed by atoms with Gasteiger partial charge in [-0.15, -0.1) is 0 Å². The Balaban J connectivity index is 2.10. The zero-order valence-electron chi connectivity index (χ0n) is 10.3. The number of halogens is 1. The van der Waals surface area contributed by atoms with Crippen LogP contribution in [-0.2, 0) is 9.59 Å². The number of amides is 1. The highest BCUT2D eigenvalue weighted by atomic mass is 35.5. The van der Waals surface area contributed by atoms with Gasteiger partial charge in [-0.25, -0.2) is 4.98 Å². The molecule has 0 spiro atoms. The minimum absolute atomic E-state index is 0.281. The summed E-state index contributed by atoms with van der Waals surface area (Å²) in [6.07, 6.45) is 4.39. The number of nitrogens with one attached hydrogen (secondary N) is 1. The van der Waals surface area contributed by atoms with Crippen LogP contribution in [-0.4, -0.2) is 22.0 Å². The van der Waals surface area contributed by atoms with Crippen molar-refractivity contribution in [2.24, 2.45) is 11.8 Å². The van der Waals surface area contributed by atoms with E-state index < -0.39 is 17.8 Å². The van der Waals surface area contributed by atoms with Gasteiger partial charge in [0.25, 0.3) is 0 Å². The van der Waals surface area contributed by atoms with Crippen molar-refractivity contribution < 1.29 is 14.7 Å². The Kier molecular flexibility index (Phi) is 4.37. The van der Waals surface area contributed by atoms with Crippen molar-refractivity contribution in [1.29, 1.82) is 0 Å². The number of nitrogens with zero attached hydrogens (tertiary/aromatic N) is 1. The standard InChI is InChI=1S/C13H15ClN2O3/c14-10-6-3-7-15-11(10)16-12(17)8-4-1-2-5-9(8)13(18)19/h3,6-9H,1-2,4-5H2,(H,18,19)(H,15,16,17)/t8-,9+/m1/s1. The Morgan fingerprint density at radius 2 is 2.00 bits per heavy atom. The van der Waals surface area contributed by atoms with Crippen LogP contribution in [0.5, 0.6) is 0 Å². The zero-order chi connectivity index (χ0) is 13.8. The lowest BCUT2D eigenvalue weighted by molar-refractivity contribution is -0.147. The summed E-state index contributed by atoms with van der Waals surface area (Å²) in [4.78, 5) is 27.3. The molecule has 102 valence electrons. The van der Waals surface area contributed by atoms with Gasteiger partial charge in [-0.05, 0) is 25.0 Å². The number of carboxylic acids is 1. The first-order chi connectivity index (χ1) is 9.09. The van der Waals surface area contributed by atoms with Crippen molar-refractivity contribution in [3.05, 3.63) is 23.4 Å². The maximum atomic E-state index is 12.2. The summed E-state index contributed by atoms with van der Waals surface area (Å²) in [5.41, 5.74) is 0. The second kappa shape index (κ2) is 6.02. The fraction of sp³-hybridized carbons (Fsp3) is 0.462. The van der Waals surface area contributed by atoms with Gasteiger partial charge in [-0.2, -0.15) is 0 Å². The lowest BCUT2D eigenvalue weighted by Crippen LogP contribution is -2.36. The zero-order valence-corrected chi connectivity index (χ0v) is 11.1. The van der Waals surface area contributed by atoms with Crippen LogP contribution in [0.1, 0.15) is 25.7 Å². The number of rotatable bonds is 3. The molecule has 0 aromatic carbocycles. The van der Waals surface area contributed by atoms with Crippen LogP contribution in [0.2, 0.25) is 5.02 Å². The topological polar surface area (TPSA) is 79.3 Å². The minimum atomic E-state index is -0.910. The Hall–Kier alpha value is -1.62. The molecule has 1 amide bonds. The van der Waals surface area contributed by atoms with Crippen molar-refractivity contribution in [2.75, 3.05) is 5.32 Å². The van der Waals surface area contributed by atoms with E-state index in [2.05, 4.69) is 10.3 Å². The summed E-state index contributed by atoms with van der Waals surface area (Å²) < 4.78 is 0. The molecule has 0 radical (unpaired) electrons. The summed E-state index contributed by atoms with van der Waals surface area (Å²) in [5.74, 6) is -2.07. The molecule has 2 N–H and O–H groups in total. The van der Waals surface area contributed by atoms with E-state index in [-0.39, 0.29) is 11.7 Å². The molecule has 1 fully saturated rings. The number of anilines is 1. The molecule has 1 aromatic rings. The van der Waals surface area contributed by atoms with Gasteiger partial charge in [0.15, 0.2) is 5.82 Å². The van der Waals surface area contributed by atoms with Gasteiger partial charge in [0.1, 0.15) is 0 Å². The molecule has 2 atom stereocenters. The fourth-order valence-corrected chi connectivity index (χ4v) is 2.60. The van der Waals surface area contributed by atoms with Crippen LogP contribution in [0.25, 0.3) is 0 Å². The second-order valence-corrected chi connectivity index (χ2v) is 5.07. The van der Waals surface area contributed by atoms with E-state index in [1.54, 1.807) is 12.1 Å². The number of hydrogen-bond donors (Lipinski definition) is 2. The Morgan fingerprint density at radius 1 is 1.32 bits per heavy atom. The molecule has 2 rings (SSSR count). The summed E-state index contributed by atoms with van der Waals surface area (Å²) in [7, 11) is 0. The fourth-order valence-electron chi connectivity index (χ4n) is 2.43. The van der Waals surface area contributed by atoms with Crippen molar-refractivity contribution in [2.45, 2.75) is 25.7 Å². The van der Waals surface area contributed by atoms with Crippen LogP contribution in [0.15, 0.2) is 18.3 Å². The van der Waals surface area contributed by atoms with Crippen LogP contribution in [0.4, 0.5) is 5.82 Å². The number of carbonyl (C=O) groups excluding carboxylic acids is 1. The monoisotopic (exact) mass is 282 g/mol. The number of pyridine rings is 1. The maximum Gasteiger partial charge on any atom is 0.307 e. The predicted molar refractivity (Wildman–Crippen MR) is 71.0 cm³/mol. The molecule has 19 heavy (non-hydrogen) atoms. The molecule has 1 aromatic heterocycles. The third-order valence-corrected chi connectivity index (χ3v) is 3.72. The summed E-state index contributed by atoms with van der Waals surface area (Å²) in [6, 6.07) is 3.29.